The molecular formula is C24H26F2N4O3. The number of nitrogens with one attached hydrogen (secondary N) is 1. The maximum absolute atomic E-state index is 13.7. The summed E-state index contributed by atoms with van der Waals surface area (Å²) in [5, 5.41) is 13.2. The molecule has 0 saturated carbocycles. The Morgan fingerprint density at radius 3 is 2.73 bits per heavy atom. The van der Waals surface area contributed by atoms with Crippen LogP contribution in [-0.2, 0) is 4.79 Å². The first-order chi connectivity index (χ1) is 15.9. The van der Waals surface area contributed by atoms with Crippen molar-refractivity contribution in [1.82, 2.24) is 14.5 Å². The van der Waals surface area contributed by atoms with Crippen molar-refractivity contribution in [1.29, 1.82) is 0 Å². The number of aryl methyl sites for hydroxylation is 1. The summed E-state index contributed by atoms with van der Waals surface area (Å²) >= 11 is 0. The first-order valence-corrected chi connectivity index (χ1v) is 10.7. The van der Waals surface area contributed by atoms with Gasteiger partial charge in [0.25, 0.3) is 0 Å². The fourth-order valence-corrected chi connectivity index (χ4v) is 4.18. The van der Waals surface area contributed by atoms with Crippen LogP contribution < -0.4 is 10.1 Å². The lowest BCUT2D eigenvalue weighted by Crippen LogP contribution is -2.49. The number of piperidine rings is 1. The van der Waals surface area contributed by atoms with E-state index in [4.69, 9.17) is 4.74 Å². The lowest BCUT2D eigenvalue weighted by Gasteiger charge is -2.38. The number of aliphatic hydroxyl groups is 1. The number of carbonyl (C=O) groups excluding carboxylic acids is 1. The van der Waals surface area contributed by atoms with Gasteiger partial charge in [-0.2, -0.15) is 0 Å². The summed E-state index contributed by atoms with van der Waals surface area (Å²) in [6.45, 7) is 1.93. The second-order valence-electron chi connectivity index (χ2n) is 8.05. The van der Waals surface area contributed by atoms with E-state index < -0.39 is 30.3 Å². The van der Waals surface area contributed by atoms with E-state index in [0.717, 1.165) is 23.5 Å². The van der Waals surface area contributed by atoms with Gasteiger partial charge in [0.05, 0.1) is 37.5 Å². The Kier molecular flexibility index (Phi) is 6.60. The number of likely N-dealkylation sites (tertiary alicyclic amines) is 1. The highest BCUT2D eigenvalue weighted by molar-refractivity contribution is 5.86. The summed E-state index contributed by atoms with van der Waals surface area (Å²) in [7, 11) is 1.58. The predicted octanol–water partition coefficient (Wildman–Crippen LogP) is 3.60. The summed E-state index contributed by atoms with van der Waals surface area (Å²) in [4.78, 5) is 19.0. The van der Waals surface area contributed by atoms with Crippen LogP contribution in [0.25, 0.3) is 5.69 Å². The van der Waals surface area contributed by atoms with Crippen LogP contribution >= 0.6 is 0 Å². The molecule has 0 radical (unpaired) electrons. The van der Waals surface area contributed by atoms with Gasteiger partial charge in [0.15, 0.2) is 11.6 Å². The Bertz CT molecular complexity index is 1150. The number of methoxy groups -OCH3 is 1. The van der Waals surface area contributed by atoms with Gasteiger partial charge < -0.3 is 24.6 Å². The van der Waals surface area contributed by atoms with Crippen LogP contribution in [0.15, 0.2) is 48.9 Å². The predicted molar refractivity (Wildman–Crippen MR) is 119 cm³/mol. The summed E-state index contributed by atoms with van der Waals surface area (Å²) in [6, 6.07) is 7.71. The standard InChI is InChI=1S/C24H26F2N4O3/c1-15-12-29(14-27-15)21-8-6-17(11-23(21)33-2)28-20-4-3-9-30(24(20)32)22(13-31)16-5-7-18(25)19(26)10-16/h5-8,10-12,14,20,22,28,31H,3-4,9,13H2,1-2H3. The SMILES string of the molecule is COc1cc(NC2CCCN(C(CO)c3ccc(F)c(F)c3)C2=O)ccc1-n1cnc(C)c1. The number of nitrogens with zero attached hydrogens (tertiary/aromatic N) is 3. The van der Waals surface area contributed by atoms with Gasteiger partial charge in [-0.15, -0.1) is 0 Å². The Morgan fingerprint density at radius 2 is 2.06 bits per heavy atom. The van der Waals surface area contributed by atoms with Crippen molar-refractivity contribution >= 4 is 11.6 Å². The smallest absolute Gasteiger partial charge is 0.245 e. The van der Waals surface area contributed by atoms with Crippen molar-refractivity contribution in [3.63, 3.8) is 0 Å². The van der Waals surface area contributed by atoms with E-state index in [1.165, 1.54) is 11.0 Å². The topological polar surface area (TPSA) is 79.6 Å². The Morgan fingerprint density at radius 1 is 1.24 bits per heavy atom. The van der Waals surface area contributed by atoms with Gasteiger partial charge in [-0.25, -0.2) is 13.8 Å². The Balaban J connectivity index is 1.54. The number of anilines is 1. The average Bonchev–Trinajstić information content (AvgIpc) is 3.25. The first kappa shape index (κ1) is 22.7. The van der Waals surface area contributed by atoms with Crippen molar-refractivity contribution in [3.8, 4) is 11.4 Å². The monoisotopic (exact) mass is 456 g/mol. The lowest BCUT2D eigenvalue weighted by molar-refractivity contribution is -0.138. The molecule has 1 amide bonds. The largest absolute Gasteiger partial charge is 0.494 e. The van der Waals surface area contributed by atoms with Crippen molar-refractivity contribution in [2.75, 3.05) is 25.6 Å². The summed E-state index contributed by atoms with van der Waals surface area (Å²) in [5.41, 5.74) is 2.76. The van der Waals surface area contributed by atoms with E-state index in [2.05, 4.69) is 10.3 Å². The summed E-state index contributed by atoms with van der Waals surface area (Å²) in [5.74, 6) is -1.57. The number of benzene rings is 2. The minimum atomic E-state index is -1.01. The van der Waals surface area contributed by atoms with Crippen molar-refractivity contribution in [2.45, 2.75) is 31.8 Å². The number of imidazole rings is 1. The van der Waals surface area contributed by atoms with Gasteiger partial charge in [-0.1, -0.05) is 6.07 Å². The second kappa shape index (κ2) is 9.58. The molecule has 0 spiro atoms. The fourth-order valence-electron chi connectivity index (χ4n) is 4.18. The molecule has 2 heterocycles. The Labute approximate surface area is 190 Å². The molecule has 1 aliphatic rings. The molecule has 4 rings (SSSR count). The molecule has 2 atom stereocenters. The Hall–Kier alpha value is -3.46. The molecule has 174 valence electrons. The minimum absolute atomic E-state index is 0.210. The zero-order valence-corrected chi connectivity index (χ0v) is 18.5. The van der Waals surface area contributed by atoms with Gasteiger partial charge in [-0.3, -0.25) is 4.79 Å². The van der Waals surface area contributed by atoms with Gasteiger partial charge in [0.1, 0.15) is 11.8 Å². The van der Waals surface area contributed by atoms with E-state index in [0.29, 0.717) is 36.4 Å². The number of aliphatic hydroxyl groups excluding tert-OH is 1. The number of amides is 1. The summed E-state index contributed by atoms with van der Waals surface area (Å²) < 4.78 is 34.5. The maximum atomic E-state index is 13.7. The van der Waals surface area contributed by atoms with Crippen LogP contribution in [0.3, 0.4) is 0 Å². The molecule has 2 unspecified atom stereocenters. The first-order valence-electron chi connectivity index (χ1n) is 10.7. The number of hydrogen-bond acceptors (Lipinski definition) is 5. The van der Waals surface area contributed by atoms with E-state index in [-0.39, 0.29) is 5.91 Å². The number of aromatic nitrogens is 2. The molecule has 0 bridgehead atoms. The fraction of sp³-hybridized carbons (Fsp3) is 0.333. The van der Waals surface area contributed by atoms with E-state index >= 15 is 0 Å². The third-order valence-corrected chi connectivity index (χ3v) is 5.86. The molecule has 0 aliphatic carbocycles. The number of ether oxygens (including phenoxy) is 1. The van der Waals surface area contributed by atoms with Crippen LogP contribution in [0, 0.1) is 18.6 Å². The maximum Gasteiger partial charge on any atom is 0.245 e. The molecule has 1 aliphatic heterocycles. The molecule has 33 heavy (non-hydrogen) atoms. The normalized spacial score (nSPS) is 17.2. The van der Waals surface area contributed by atoms with E-state index in [1.54, 1.807) is 13.4 Å². The van der Waals surface area contributed by atoms with Crippen LogP contribution in [0.4, 0.5) is 14.5 Å². The third-order valence-electron chi connectivity index (χ3n) is 5.86. The quantitative estimate of drug-likeness (QED) is 0.568. The molecule has 3 aromatic rings. The highest BCUT2D eigenvalue weighted by Gasteiger charge is 2.34. The average molecular weight is 456 g/mol. The van der Waals surface area contributed by atoms with Crippen molar-refractivity contribution in [3.05, 3.63) is 71.8 Å². The second-order valence-corrected chi connectivity index (χ2v) is 8.05. The van der Waals surface area contributed by atoms with E-state index in [9.17, 15) is 18.7 Å². The number of rotatable bonds is 7. The van der Waals surface area contributed by atoms with Crippen LogP contribution in [-0.4, -0.2) is 51.8 Å². The zero-order valence-electron chi connectivity index (χ0n) is 18.5. The molecule has 1 aromatic heterocycles. The van der Waals surface area contributed by atoms with Crippen LogP contribution in [0.1, 0.15) is 30.1 Å². The van der Waals surface area contributed by atoms with Gasteiger partial charge >= 0.3 is 0 Å². The lowest BCUT2D eigenvalue weighted by atomic mass is 9.98. The van der Waals surface area contributed by atoms with Crippen molar-refractivity contribution in [2.24, 2.45) is 0 Å². The van der Waals surface area contributed by atoms with Crippen LogP contribution in [0.2, 0.25) is 0 Å². The molecule has 7 nitrogen and oxygen atoms in total. The minimum Gasteiger partial charge on any atom is -0.494 e. The molecule has 2 N–H and O–H groups in total. The van der Waals surface area contributed by atoms with E-state index in [1.807, 2.05) is 35.9 Å². The van der Waals surface area contributed by atoms with Crippen LogP contribution in [0.5, 0.6) is 5.75 Å². The zero-order chi connectivity index (χ0) is 23.5. The number of carbonyl (C=O) groups is 1. The highest BCUT2D eigenvalue weighted by atomic mass is 19.2. The van der Waals surface area contributed by atoms with Gasteiger partial charge in [0.2, 0.25) is 5.91 Å². The summed E-state index contributed by atoms with van der Waals surface area (Å²) in [6.07, 6.45) is 4.90. The van der Waals surface area contributed by atoms with Crippen molar-refractivity contribution < 1.29 is 23.4 Å². The molecule has 1 fully saturated rings. The van der Waals surface area contributed by atoms with Gasteiger partial charge in [0, 0.05) is 24.5 Å². The molecule has 9 heteroatoms. The highest BCUT2D eigenvalue weighted by Crippen LogP contribution is 2.30. The van der Waals surface area contributed by atoms with Gasteiger partial charge in [-0.05, 0) is 49.6 Å². The number of halogens is 2. The molecule has 2 aromatic carbocycles. The number of hydrogen-bond donors (Lipinski definition) is 2. The molecule has 1 saturated heterocycles. The third kappa shape index (κ3) is 4.68. The molecular weight excluding hydrogens is 430 g/mol.